The molecule has 0 saturated carbocycles. The lowest BCUT2D eigenvalue weighted by Crippen LogP contribution is -2.12. The summed E-state index contributed by atoms with van der Waals surface area (Å²) in [5.41, 5.74) is 0.435. The van der Waals surface area contributed by atoms with E-state index in [0.29, 0.717) is 23.1 Å². The number of hydrogen-bond donors (Lipinski definition) is 2. The Morgan fingerprint density at radius 3 is 2.57 bits per heavy atom. The number of nitrogens with one attached hydrogen (secondary N) is 1. The summed E-state index contributed by atoms with van der Waals surface area (Å²) in [6, 6.07) is 7.56. The van der Waals surface area contributed by atoms with E-state index in [1.165, 1.54) is 12.1 Å². The van der Waals surface area contributed by atoms with Crippen LogP contribution in [0.1, 0.15) is 23.7 Å². The van der Waals surface area contributed by atoms with Gasteiger partial charge in [0.25, 0.3) is 5.91 Å². The average Bonchev–Trinajstić information content (AvgIpc) is 2.50. The molecule has 2 aromatic carbocycles. The number of phenols is 1. The zero-order valence-electron chi connectivity index (χ0n) is 12.2. The molecule has 1 amide bonds. The third-order valence-corrected chi connectivity index (χ3v) is 3.73. The lowest BCUT2D eigenvalue weighted by atomic mass is 10.2. The van der Waals surface area contributed by atoms with Crippen molar-refractivity contribution >= 4 is 46.4 Å². The minimum absolute atomic E-state index is 0.00370. The van der Waals surface area contributed by atoms with Crippen LogP contribution in [0.3, 0.4) is 0 Å². The average molecular weight is 375 g/mol. The van der Waals surface area contributed by atoms with Crippen LogP contribution in [0.15, 0.2) is 30.3 Å². The predicted molar refractivity (Wildman–Crippen MR) is 93.3 cm³/mol. The first-order chi connectivity index (χ1) is 10.9. The van der Waals surface area contributed by atoms with Crippen LogP contribution in [0.5, 0.6) is 11.5 Å². The largest absolute Gasteiger partial charge is 0.506 e. The van der Waals surface area contributed by atoms with Gasteiger partial charge < -0.3 is 15.2 Å². The molecule has 0 aromatic heterocycles. The highest BCUT2D eigenvalue weighted by Crippen LogP contribution is 2.32. The molecule has 0 spiro atoms. The first kappa shape index (κ1) is 17.7. The van der Waals surface area contributed by atoms with Crippen molar-refractivity contribution in [3.8, 4) is 11.5 Å². The Morgan fingerprint density at radius 1 is 1.17 bits per heavy atom. The number of hydrogen-bond acceptors (Lipinski definition) is 3. The summed E-state index contributed by atoms with van der Waals surface area (Å²) in [7, 11) is 0. The summed E-state index contributed by atoms with van der Waals surface area (Å²) in [5, 5.41) is 13.1. The van der Waals surface area contributed by atoms with E-state index in [2.05, 4.69) is 5.32 Å². The molecule has 0 unspecified atom stereocenters. The fourth-order valence-corrected chi connectivity index (χ4v) is 2.57. The van der Waals surface area contributed by atoms with Gasteiger partial charge in [-0.3, -0.25) is 4.79 Å². The molecule has 0 radical (unpaired) electrons. The van der Waals surface area contributed by atoms with E-state index in [1.807, 2.05) is 6.92 Å². The molecule has 2 rings (SSSR count). The lowest BCUT2D eigenvalue weighted by molar-refractivity contribution is 0.102. The molecule has 0 aliphatic heterocycles. The molecule has 7 heteroatoms. The standard InChI is InChI=1S/C16H14Cl3NO3/c1-2-5-23-14-4-3-10(8-12(14)18)20-16(22)11-6-9(17)7-13(19)15(11)21/h3-4,6-8,21H,2,5H2,1H3,(H,20,22). The Kier molecular flexibility index (Phi) is 5.99. The number of aromatic hydroxyl groups is 1. The van der Waals surface area contributed by atoms with Crippen molar-refractivity contribution in [3.63, 3.8) is 0 Å². The summed E-state index contributed by atoms with van der Waals surface area (Å²) in [6.07, 6.45) is 0.865. The Balaban J connectivity index is 2.19. The molecule has 0 aliphatic carbocycles. The third kappa shape index (κ3) is 4.44. The molecule has 0 saturated heterocycles. The van der Waals surface area contributed by atoms with E-state index < -0.39 is 5.91 Å². The molecule has 0 heterocycles. The highest BCUT2D eigenvalue weighted by molar-refractivity contribution is 6.36. The van der Waals surface area contributed by atoms with E-state index in [0.717, 1.165) is 6.42 Å². The molecule has 2 N–H and O–H groups in total. The van der Waals surface area contributed by atoms with Crippen LogP contribution in [-0.4, -0.2) is 17.6 Å². The van der Waals surface area contributed by atoms with Crippen molar-refractivity contribution in [1.29, 1.82) is 0 Å². The van der Waals surface area contributed by atoms with Gasteiger partial charge in [-0.15, -0.1) is 0 Å². The second kappa shape index (κ2) is 7.77. The van der Waals surface area contributed by atoms with E-state index in [4.69, 9.17) is 39.5 Å². The molecular weight excluding hydrogens is 361 g/mol. The minimum atomic E-state index is -0.551. The van der Waals surface area contributed by atoms with E-state index in [-0.39, 0.29) is 21.4 Å². The summed E-state index contributed by atoms with van der Waals surface area (Å²) in [5.74, 6) is -0.340. The molecule has 0 atom stereocenters. The maximum atomic E-state index is 12.2. The number of ether oxygens (including phenoxy) is 1. The van der Waals surface area contributed by atoms with Crippen LogP contribution in [0.2, 0.25) is 15.1 Å². The predicted octanol–water partition coefficient (Wildman–Crippen LogP) is 5.39. The topological polar surface area (TPSA) is 58.6 Å². The number of benzene rings is 2. The molecule has 4 nitrogen and oxygen atoms in total. The zero-order chi connectivity index (χ0) is 17.0. The van der Waals surface area contributed by atoms with Gasteiger partial charge in [0.1, 0.15) is 11.5 Å². The molecular formula is C16H14Cl3NO3. The fraction of sp³-hybridized carbons (Fsp3) is 0.188. The second-order valence-corrected chi connectivity index (χ2v) is 5.98. The van der Waals surface area contributed by atoms with Gasteiger partial charge >= 0.3 is 0 Å². The van der Waals surface area contributed by atoms with Gasteiger partial charge in [-0.2, -0.15) is 0 Å². The van der Waals surface area contributed by atoms with Gasteiger partial charge in [0.05, 0.1) is 22.2 Å². The monoisotopic (exact) mass is 373 g/mol. The first-order valence-electron chi connectivity index (χ1n) is 6.84. The number of carbonyl (C=O) groups is 1. The van der Waals surface area contributed by atoms with Crippen LogP contribution < -0.4 is 10.1 Å². The summed E-state index contributed by atoms with van der Waals surface area (Å²) >= 11 is 17.8. The summed E-state index contributed by atoms with van der Waals surface area (Å²) in [4.78, 5) is 12.2. The van der Waals surface area contributed by atoms with Crippen molar-refractivity contribution in [3.05, 3.63) is 51.0 Å². The number of rotatable bonds is 5. The van der Waals surface area contributed by atoms with Gasteiger partial charge in [-0.05, 0) is 36.8 Å². The highest BCUT2D eigenvalue weighted by Gasteiger charge is 2.16. The number of halogens is 3. The number of anilines is 1. The van der Waals surface area contributed by atoms with Crippen LogP contribution in [0, 0.1) is 0 Å². The van der Waals surface area contributed by atoms with Crippen LogP contribution in [0.25, 0.3) is 0 Å². The molecule has 122 valence electrons. The van der Waals surface area contributed by atoms with E-state index in [9.17, 15) is 9.90 Å². The normalized spacial score (nSPS) is 10.4. The summed E-state index contributed by atoms with van der Waals surface area (Å²) in [6.45, 7) is 2.55. The van der Waals surface area contributed by atoms with Gasteiger partial charge in [0, 0.05) is 10.7 Å². The van der Waals surface area contributed by atoms with Crippen LogP contribution >= 0.6 is 34.8 Å². The quantitative estimate of drug-likeness (QED) is 0.737. The van der Waals surface area contributed by atoms with Crippen molar-refractivity contribution < 1.29 is 14.6 Å². The molecule has 0 fully saturated rings. The van der Waals surface area contributed by atoms with Crippen molar-refractivity contribution in [1.82, 2.24) is 0 Å². The Bertz CT molecular complexity index is 735. The van der Waals surface area contributed by atoms with Crippen LogP contribution in [-0.2, 0) is 0 Å². The molecule has 0 aliphatic rings. The third-order valence-electron chi connectivity index (χ3n) is 2.92. The molecule has 0 bridgehead atoms. The van der Waals surface area contributed by atoms with E-state index >= 15 is 0 Å². The smallest absolute Gasteiger partial charge is 0.259 e. The van der Waals surface area contributed by atoms with Crippen molar-refractivity contribution in [2.45, 2.75) is 13.3 Å². The van der Waals surface area contributed by atoms with Crippen molar-refractivity contribution in [2.24, 2.45) is 0 Å². The van der Waals surface area contributed by atoms with Gasteiger partial charge in [-0.25, -0.2) is 0 Å². The maximum absolute atomic E-state index is 12.2. The Labute approximate surface area is 148 Å². The van der Waals surface area contributed by atoms with E-state index in [1.54, 1.807) is 18.2 Å². The van der Waals surface area contributed by atoms with Gasteiger partial charge in [-0.1, -0.05) is 41.7 Å². The minimum Gasteiger partial charge on any atom is -0.506 e. The number of amides is 1. The molecule has 2 aromatic rings. The second-order valence-electron chi connectivity index (χ2n) is 4.73. The van der Waals surface area contributed by atoms with Crippen molar-refractivity contribution in [2.75, 3.05) is 11.9 Å². The van der Waals surface area contributed by atoms with Gasteiger partial charge in [0.15, 0.2) is 0 Å². The summed E-state index contributed by atoms with van der Waals surface area (Å²) < 4.78 is 5.46. The number of carbonyl (C=O) groups excluding carboxylic acids is 1. The SMILES string of the molecule is CCCOc1ccc(NC(=O)c2cc(Cl)cc(Cl)c2O)cc1Cl. The maximum Gasteiger partial charge on any atom is 0.259 e. The molecule has 23 heavy (non-hydrogen) atoms. The first-order valence-corrected chi connectivity index (χ1v) is 7.97. The Hall–Kier alpha value is -1.62. The zero-order valence-corrected chi connectivity index (χ0v) is 14.5. The van der Waals surface area contributed by atoms with Gasteiger partial charge in [0.2, 0.25) is 0 Å². The Morgan fingerprint density at radius 2 is 1.91 bits per heavy atom. The highest BCUT2D eigenvalue weighted by atomic mass is 35.5. The van der Waals surface area contributed by atoms with Crippen LogP contribution in [0.4, 0.5) is 5.69 Å². The lowest BCUT2D eigenvalue weighted by Gasteiger charge is -2.11. The number of phenolic OH excluding ortho intramolecular Hbond substituents is 1. The fourth-order valence-electron chi connectivity index (χ4n) is 1.85.